The molecule has 0 aromatic carbocycles. The van der Waals surface area contributed by atoms with Crippen LogP contribution >= 0.6 is 23.6 Å². The van der Waals surface area contributed by atoms with Crippen LogP contribution in [0, 0.1) is 11.7 Å². The monoisotopic (exact) mass is 304 g/mol. The fourth-order valence-corrected chi connectivity index (χ4v) is 3.39. The van der Waals surface area contributed by atoms with Crippen LogP contribution in [-0.4, -0.2) is 26.1 Å². The van der Waals surface area contributed by atoms with Crippen LogP contribution in [0.25, 0.3) is 5.65 Å². The Morgan fingerprint density at radius 2 is 2.20 bits per heavy atom. The van der Waals surface area contributed by atoms with Gasteiger partial charge in [0.05, 0.1) is 6.67 Å². The van der Waals surface area contributed by atoms with E-state index in [1.165, 1.54) is 10.4 Å². The van der Waals surface area contributed by atoms with Crippen LogP contribution < -0.4 is 0 Å². The van der Waals surface area contributed by atoms with Crippen LogP contribution in [0.1, 0.15) is 10.4 Å². The molecule has 0 amide bonds. The lowest BCUT2D eigenvalue weighted by molar-refractivity contribution is 0.246. The number of hydrogen-bond acceptors (Lipinski definition) is 4. The molecular weight excluding hydrogens is 288 g/mol. The van der Waals surface area contributed by atoms with Gasteiger partial charge in [-0.05, 0) is 55.3 Å². The third kappa shape index (κ3) is 2.54. The predicted molar refractivity (Wildman–Crippen MR) is 84.5 cm³/mol. The molecule has 3 rings (SSSR count). The van der Waals surface area contributed by atoms with Crippen molar-refractivity contribution in [3.63, 3.8) is 0 Å². The highest BCUT2D eigenvalue weighted by Gasteiger charge is 2.08. The molecule has 0 fully saturated rings. The van der Waals surface area contributed by atoms with Crippen LogP contribution in [0.5, 0.6) is 0 Å². The number of aryl methyl sites for hydroxylation is 1. The van der Waals surface area contributed by atoms with E-state index in [2.05, 4.69) is 35.4 Å². The minimum atomic E-state index is 0.692. The van der Waals surface area contributed by atoms with E-state index in [1.54, 1.807) is 11.3 Å². The summed E-state index contributed by atoms with van der Waals surface area (Å²) < 4.78 is 4.53. The van der Waals surface area contributed by atoms with Gasteiger partial charge in [0, 0.05) is 17.6 Å². The Bertz CT molecular complexity index is 784. The van der Waals surface area contributed by atoms with Gasteiger partial charge in [0.15, 0.2) is 5.65 Å². The summed E-state index contributed by atoms with van der Waals surface area (Å²) >= 11 is 7.25. The Morgan fingerprint density at radius 1 is 1.35 bits per heavy atom. The normalized spacial score (nSPS) is 11.6. The third-order valence-electron chi connectivity index (χ3n) is 3.25. The number of rotatable bonds is 4. The molecule has 20 heavy (non-hydrogen) atoms. The molecule has 0 saturated carbocycles. The van der Waals surface area contributed by atoms with Gasteiger partial charge in [-0.15, -0.1) is 11.3 Å². The topological polar surface area (TPSA) is 25.5 Å². The molecule has 0 aliphatic carbocycles. The highest BCUT2D eigenvalue weighted by atomic mass is 32.1. The zero-order valence-corrected chi connectivity index (χ0v) is 13.1. The molecule has 0 unspecified atom stereocenters. The first-order valence-corrected chi connectivity index (χ1v) is 7.69. The Kier molecular flexibility index (Phi) is 3.69. The number of nitrogens with zero attached hydrogens (tertiary/aromatic N) is 4. The average molecular weight is 304 g/mol. The molecule has 3 aromatic rings. The molecule has 6 heteroatoms. The second-order valence-electron chi connectivity index (χ2n) is 4.89. The first kappa shape index (κ1) is 13.5. The smallest absolute Gasteiger partial charge is 0.203 e. The van der Waals surface area contributed by atoms with Gasteiger partial charge >= 0.3 is 0 Å². The molecule has 0 radical (unpaired) electrons. The Labute approximate surface area is 126 Å². The highest BCUT2D eigenvalue weighted by molar-refractivity contribution is 7.71. The van der Waals surface area contributed by atoms with E-state index in [0.29, 0.717) is 6.67 Å². The predicted octanol–water partition coefficient (Wildman–Crippen LogP) is 3.32. The molecule has 0 aliphatic rings. The summed E-state index contributed by atoms with van der Waals surface area (Å²) in [6.45, 7) is 3.76. The van der Waals surface area contributed by atoms with Crippen molar-refractivity contribution < 1.29 is 0 Å². The summed E-state index contributed by atoms with van der Waals surface area (Å²) in [5.41, 5.74) is 2.23. The van der Waals surface area contributed by atoms with Crippen molar-refractivity contribution in [2.24, 2.45) is 0 Å². The SMILES string of the molecule is Cc1ccsc1CN(C)Cn1nc2ccccn2c1=S. The quantitative estimate of drug-likeness (QED) is 0.691. The van der Waals surface area contributed by atoms with Gasteiger partial charge in [-0.1, -0.05) is 6.07 Å². The lowest BCUT2D eigenvalue weighted by Crippen LogP contribution is -2.22. The number of hydrogen-bond donors (Lipinski definition) is 0. The van der Waals surface area contributed by atoms with Crippen LogP contribution in [0.2, 0.25) is 0 Å². The Morgan fingerprint density at radius 3 is 2.90 bits per heavy atom. The number of fused-ring (bicyclic) bond motifs is 1. The van der Waals surface area contributed by atoms with Crippen molar-refractivity contribution in [1.29, 1.82) is 0 Å². The van der Waals surface area contributed by atoms with Crippen molar-refractivity contribution >= 4 is 29.2 Å². The maximum atomic E-state index is 5.46. The fraction of sp³-hybridized carbons (Fsp3) is 0.286. The van der Waals surface area contributed by atoms with Gasteiger partial charge in [0.1, 0.15) is 0 Å². The minimum absolute atomic E-state index is 0.692. The van der Waals surface area contributed by atoms with E-state index in [1.807, 2.05) is 33.5 Å². The van der Waals surface area contributed by atoms with Gasteiger partial charge in [-0.2, -0.15) is 5.10 Å². The molecule has 0 N–H and O–H groups in total. The molecule has 0 saturated heterocycles. The van der Waals surface area contributed by atoms with Crippen molar-refractivity contribution in [2.75, 3.05) is 7.05 Å². The molecular formula is C14H16N4S2. The summed E-state index contributed by atoms with van der Waals surface area (Å²) in [6, 6.07) is 8.06. The van der Waals surface area contributed by atoms with Gasteiger partial charge in [-0.25, -0.2) is 4.68 Å². The van der Waals surface area contributed by atoms with Crippen molar-refractivity contribution in [3.8, 4) is 0 Å². The average Bonchev–Trinajstić information content (AvgIpc) is 2.96. The van der Waals surface area contributed by atoms with Gasteiger partial charge in [0.2, 0.25) is 4.77 Å². The highest BCUT2D eigenvalue weighted by Crippen LogP contribution is 2.17. The zero-order valence-electron chi connectivity index (χ0n) is 11.5. The van der Waals surface area contributed by atoms with Crippen LogP contribution in [0.4, 0.5) is 0 Å². The molecule has 3 heterocycles. The molecule has 0 bridgehead atoms. The summed E-state index contributed by atoms with van der Waals surface area (Å²) in [4.78, 5) is 3.61. The first-order valence-electron chi connectivity index (χ1n) is 6.41. The summed E-state index contributed by atoms with van der Waals surface area (Å²) in [5, 5.41) is 6.68. The maximum absolute atomic E-state index is 5.46. The zero-order chi connectivity index (χ0) is 14.1. The van der Waals surface area contributed by atoms with Crippen molar-refractivity contribution in [2.45, 2.75) is 20.1 Å². The van der Waals surface area contributed by atoms with E-state index in [9.17, 15) is 0 Å². The standard InChI is InChI=1S/C14H16N4S2/c1-11-6-8-20-12(11)9-16(2)10-18-14(19)17-7-4-3-5-13(17)15-18/h3-8H,9-10H2,1-2H3. The van der Waals surface area contributed by atoms with Crippen molar-refractivity contribution in [1.82, 2.24) is 19.1 Å². The van der Waals surface area contributed by atoms with E-state index in [4.69, 9.17) is 12.2 Å². The lowest BCUT2D eigenvalue weighted by Gasteiger charge is -2.15. The third-order valence-corrected chi connectivity index (χ3v) is 4.66. The summed E-state index contributed by atoms with van der Waals surface area (Å²) in [6.07, 6.45) is 1.95. The van der Waals surface area contributed by atoms with Gasteiger partial charge < -0.3 is 0 Å². The second-order valence-corrected chi connectivity index (χ2v) is 6.26. The molecule has 0 aliphatic heterocycles. The largest absolute Gasteiger partial charge is 0.282 e. The minimum Gasteiger partial charge on any atom is -0.282 e. The maximum Gasteiger partial charge on any atom is 0.203 e. The van der Waals surface area contributed by atoms with Crippen LogP contribution in [0.3, 0.4) is 0 Å². The Balaban J connectivity index is 1.81. The summed E-state index contributed by atoms with van der Waals surface area (Å²) in [5.74, 6) is 0. The van der Waals surface area contributed by atoms with E-state index < -0.39 is 0 Å². The number of thiophene rings is 1. The fourth-order valence-electron chi connectivity index (χ4n) is 2.15. The Hall–Kier alpha value is -1.50. The molecule has 4 nitrogen and oxygen atoms in total. The molecule has 3 aromatic heterocycles. The van der Waals surface area contributed by atoms with Crippen LogP contribution in [0.15, 0.2) is 35.8 Å². The summed E-state index contributed by atoms with van der Waals surface area (Å²) in [7, 11) is 2.09. The first-order chi connectivity index (χ1) is 9.65. The van der Waals surface area contributed by atoms with Crippen LogP contribution in [-0.2, 0) is 13.2 Å². The van der Waals surface area contributed by atoms with Crippen molar-refractivity contribution in [3.05, 3.63) is 51.1 Å². The molecule has 0 atom stereocenters. The van der Waals surface area contributed by atoms with E-state index in [0.717, 1.165) is 17.0 Å². The number of aromatic nitrogens is 3. The molecule has 104 valence electrons. The molecule has 0 spiro atoms. The number of pyridine rings is 1. The van der Waals surface area contributed by atoms with E-state index in [-0.39, 0.29) is 0 Å². The van der Waals surface area contributed by atoms with E-state index >= 15 is 0 Å². The van der Waals surface area contributed by atoms with Gasteiger partial charge in [0.25, 0.3) is 0 Å². The lowest BCUT2D eigenvalue weighted by atomic mass is 10.3. The van der Waals surface area contributed by atoms with Gasteiger partial charge in [-0.3, -0.25) is 9.30 Å². The second kappa shape index (κ2) is 5.47.